The lowest BCUT2D eigenvalue weighted by Gasteiger charge is -2.07. The van der Waals surface area contributed by atoms with Gasteiger partial charge >= 0.3 is 0 Å². The molecule has 3 nitrogen and oxygen atoms in total. The molecule has 0 aliphatic heterocycles. The van der Waals surface area contributed by atoms with Crippen LogP contribution in [-0.4, -0.2) is 4.98 Å². The molecule has 0 saturated heterocycles. The molecule has 0 bridgehead atoms. The van der Waals surface area contributed by atoms with E-state index in [1.165, 1.54) is 24.5 Å². The molecule has 2 aromatic rings. The number of halogens is 3. The summed E-state index contributed by atoms with van der Waals surface area (Å²) in [6.45, 7) is 0. The molecule has 88 valence electrons. The van der Waals surface area contributed by atoms with Crippen molar-refractivity contribution in [1.82, 2.24) is 4.98 Å². The van der Waals surface area contributed by atoms with Crippen LogP contribution in [0.4, 0.5) is 5.69 Å². The maximum Gasteiger partial charge on any atom is 0.212 e. The van der Waals surface area contributed by atoms with E-state index in [1.807, 2.05) is 0 Å². The Morgan fingerprint density at radius 2 is 1.65 bits per heavy atom. The summed E-state index contributed by atoms with van der Waals surface area (Å²) in [7, 11) is 0. The first kappa shape index (κ1) is 12.3. The Morgan fingerprint density at radius 3 is 2.24 bits per heavy atom. The lowest BCUT2D eigenvalue weighted by atomic mass is 10.1. The van der Waals surface area contributed by atoms with E-state index in [2.05, 4.69) is 4.98 Å². The summed E-state index contributed by atoms with van der Waals surface area (Å²) in [6.07, 6.45) is 2.91. The first-order valence-electron chi connectivity index (χ1n) is 4.62. The number of nitrogen functional groups attached to an aromatic ring is 1. The van der Waals surface area contributed by atoms with Crippen LogP contribution >= 0.6 is 34.8 Å². The van der Waals surface area contributed by atoms with Gasteiger partial charge in [-0.2, -0.15) is 0 Å². The molecule has 0 radical (unpaired) electrons. The molecule has 3 N–H and O–H groups in total. The first-order chi connectivity index (χ1) is 8.00. The summed E-state index contributed by atoms with van der Waals surface area (Å²) in [5.41, 5.74) is 6.05. The number of H-pyrrole nitrogens is 1. The fraction of sp³-hybridized carbons (Fsp3) is 0. The number of benzene rings is 1. The van der Waals surface area contributed by atoms with Gasteiger partial charge in [-0.1, -0.05) is 34.8 Å². The molecule has 0 fully saturated rings. The fourth-order valence-corrected chi connectivity index (χ4v) is 2.51. The minimum Gasteiger partial charge on any atom is -0.394 e. The van der Waals surface area contributed by atoms with E-state index in [-0.39, 0.29) is 11.1 Å². The largest absolute Gasteiger partial charge is 0.394 e. The molecular weight excluding hydrogens is 282 g/mol. The average molecular weight is 290 g/mol. The van der Waals surface area contributed by atoms with Crippen LogP contribution in [0.3, 0.4) is 0 Å². The third-order valence-corrected chi connectivity index (χ3v) is 3.06. The van der Waals surface area contributed by atoms with E-state index < -0.39 is 0 Å². The number of aromatic nitrogens is 1. The van der Waals surface area contributed by atoms with Crippen LogP contribution in [0.1, 0.15) is 0 Å². The SMILES string of the molecule is Nc1c[nH]cc(-c2c(Cl)cc(Cl)cc2Cl)c1=O. The summed E-state index contributed by atoms with van der Waals surface area (Å²) in [5, 5.41) is 1.02. The Bertz CT molecular complexity index is 614. The molecule has 17 heavy (non-hydrogen) atoms. The first-order valence-corrected chi connectivity index (χ1v) is 5.75. The zero-order valence-electron chi connectivity index (χ0n) is 8.43. The number of anilines is 1. The quantitative estimate of drug-likeness (QED) is 0.843. The molecule has 1 aromatic heterocycles. The van der Waals surface area contributed by atoms with Gasteiger partial charge in [0.2, 0.25) is 5.43 Å². The smallest absolute Gasteiger partial charge is 0.212 e. The zero-order valence-corrected chi connectivity index (χ0v) is 10.7. The van der Waals surface area contributed by atoms with Crippen LogP contribution in [0.2, 0.25) is 15.1 Å². The second-order valence-electron chi connectivity index (χ2n) is 3.40. The molecule has 6 heteroatoms. The predicted octanol–water partition coefficient (Wildman–Crippen LogP) is 3.58. The van der Waals surface area contributed by atoms with Crippen LogP contribution in [0.15, 0.2) is 29.3 Å². The number of pyridine rings is 1. The third-order valence-electron chi connectivity index (χ3n) is 2.25. The second kappa shape index (κ2) is 4.61. The second-order valence-corrected chi connectivity index (χ2v) is 4.65. The molecule has 0 spiro atoms. The monoisotopic (exact) mass is 288 g/mol. The summed E-state index contributed by atoms with van der Waals surface area (Å²) >= 11 is 17.9. The minimum absolute atomic E-state index is 0.101. The van der Waals surface area contributed by atoms with Crippen LogP contribution in [0.25, 0.3) is 11.1 Å². The van der Waals surface area contributed by atoms with Crippen LogP contribution in [-0.2, 0) is 0 Å². The van der Waals surface area contributed by atoms with Crippen molar-refractivity contribution in [2.45, 2.75) is 0 Å². The van der Waals surface area contributed by atoms with Gasteiger partial charge in [0.1, 0.15) is 0 Å². The van der Waals surface area contributed by atoms with E-state index in [1.54, 1.807) is 0 Å². The lowest BCUT2D eigenvalue weighted by molar-refractivity contribution is 1.31. The van der Waals surface area contributed by atoms with Gasteiger partial charge in [-0.15, -0.1) is 0 Å². The maximum atomic E-state index is 11.9. The number of hydrogen-bond donors (Lipinski definition) is 2. The Hall–Kier alpha value is -1.16. The van der Waals surface area contributed by atoms with E-state index >= 15 is 0 Å². The maximum absolute atomic E-state index is 11.9. The van der Waals surface area contributed by atoms with Gasteiger partial charge < -0.3 is 10.7 Å². The number of aromatic amines is 1. The van der Waals surface area contributed by atoms with Crippen LogP contribution < -0.4 is 11.2 Å². The molecule has 0 aliphatic rings. The lowest BCUT2D eigenvalue weighted by Crippen LogP contribution is -2.11. The predicted molar refractivity (Wildman–Crippen MR) is 71.9 cm³/mol. The van der Waals surface area contributed by atoms with Gasteiger partial charge in [-0.3, -0.25) is 4.79 Å². The van der Waals surface area contributed by atoms with Gasteiger partial charge in [0.05, 0.1) is 21.3 Å². The highest BCUT2D eigenvalue weighted by atomic mass is 35.5. The molecule has 0 saturated carbocycles. The van der Waals surface area contributed by atoms with Gasteiger partial charge in [0.25, 0.3) is 0 Å². The summed E-state index contributed by atoms with van der Waals surface area (Å²) in [6, 6.07) is 3.04. The van der Waals surface area contributed by atoms with Crippen LogP contribution in [0.5, 0.6) is 0 Å². The van der Waals surface area contributed by atoms with Crippen LogP contribution in [0, 0.1) is 0 Å². The number of nitrogens with two attached hydrogens (primary N) is 1. The highest BCUT2D eigenvalue weighted by Gasteiger charge is 2.14. The fourth-order valence-electron chi connectivity index (χ4n) is 1.49. The molecule has 0 amide bonds. The summed E-state index contributed by atoms with van der Waals surface area (Å²) in [4.78, 5) is 14.6. The molecular formula is C11H7Cl3N2O. The summed E-state index contributed by atoms with van der Waals surface area (Å²) in [5.74, 6) is 0. The molecule has 0 atom stereocenters. The Balaban J connectivity index is 2.78. The highest BCUT2D eigenvalue weighted by molar-refractivity contribution is 6.41. The van der Waals surface area contributed by atoms with E-state index in [0.29, 0.717) is 26.2 Å². The van der Waals surface area contributed by atoms with Crippen molar-refractivity contribution in [2.75, 3.05) is 5.73 Å². The topological polar surface area (TPSA) is 58.9 Å². The number of nitrogens with one attached hydrogen (secondary N) is 1. The van der Waals surface area contributed by atoms with Gasteiger partial charge in [0, 0.05) is 23.0 Å². The Morgan fingerprint density at radius 1 is 1.06 bits per heavy atom. The standard InChI is InChI=1S/C11H7Cl3N2O/c12-5-1-7(13)10(8(14)2-5)6-3-16-4-9(15)11(6)17/h1-4H,15H2,(H,16,17). The molecule has 0 aliphatic carbocycles. The molecule has 0 unspecified atom stereocenters. The van der Waals surface area contributed by atoms with Crippen molar-refractivity contribution in [3.05, 3.63) is 49.8 Å². The molecule has 2 rings (SSSR count). The highest BCUT2D eigenvalue weighted by Crippen LogP contribution is 2.35. The minimum atomic E-state index is -0.324. The van der Waals surface area contributed by atoms with Crippen molar-refractivity contribution >= 4 is 40.5 Å². The van der Waals surface area contributed by atoms with Crippen molar-refractivity contribution in [3.8, 4) is 11.1 Å². The number of hydrogen-bond acceptors (Lipinski definition) is 2. The van der Waals surface area contributed by atoms with Crippen molar-refractivity contribution in [1.29, 1.82) is 0 Å². The van der Waals surface area contributed by atoms with Crippen molar-refractivity contribution in [2.24, 2.45) is 0 Å². The molecule has 1 aromatic carbocycles. The average Bonchev–Trinajstić information content (AvgIpc) is 2.23. The summed E-state index contributed by atoms with van der Waals surface area (Å²) < 4.78 is 0. The Labute approximate surface area is 112 Å². The van der Waals surface area contributed by atoms with E-state index in [0.717, 1.165) is 0 Å². The van der Waals surface area contributed by atoms with E-state index in [9.17, 15) is 4.79 Å². The van der Waals surface area contributed by atoms with Crippen molar-refractivity contribution in [3.63, 3.8) is 0 Å². The van der Waals surface area contributed by atoms with E-state index in [4.69, 9.17) is 40.5 Å². The number of rotatable bonds is 1. The third kappa shape index (κ3) is 2.27. The zero-order chi connectivity index (χ0) is 12.6. The van der Waals surface area contributed by atoms with Gasteiger partial charge in [-0.25, -0.2) is 0 Å². The van der Waals surface area contributed by atoms with Crippen molar-refractivity contribution < 1.29 is 0 Å². The van der Waals surface area contributed by atoms with Gasteiger partial charge in [0.15, 0.2) is 0 Å². The normalized spacial score (nSPS) is 10.5. The van der Waals surface area contributed by atoms with Gasteiger partial charge in [-0.05, 0) is 12.1 Å². The molecule has 1 heterocycles. The Kier molecular flexibility index (Phi) is 3.33.